The normalized spacial score (nSPS) is 8.75. The molecule has 0 saturated heterocycles. The van der Waals surface area contributed by atoms with Gasteiger partial charge in [0.15, 0.2) is 12.2 Å². The highest BCUT2D eigenvalue weighted by Gasteiger charge is 1.88. The smallest absolute Gasteiger partial charge is 0.228 e. The number of amides is 1. The van der Waals surface area contributed by atoms with Crippen LogP contribution in [0.25, 0.3) is 0 Å². The monoisotopic (exact) mass is 137 g/mol. The molecule has 4 nitrogen and oxygen atoms in total. The summed E-state index contributed by atoms with van der Waals surface area (Å²) in [4.78, 5) is 14.2. The van der Waals surface area contributed by atoms with Crippen molar-refractivity contribution in [3.63, 3.8) is 0 Å². The van der Waals surface area contributed by atoms with E-state index in [1.54, 1.807) is 0 Å². The van der Waals surface area contributed by atoms with Gasteiger partial charge in [-0.3, -0.25) is 9.52 Å². The van der Waals surface area contributed by atoms with E-state index in [9.17, 15) is 4.79 Å². The summed E-state index contributed by atoms with van der Waals surface area (Å²) in [6.07, 6.45) is 0. The summed E-state index contributed by atoms with van der Waals surface area (Å²) in [5, 5.41) is 0. The summed E-state index contributed by atoms with van der Waals surface area (Å²) in [6.45, 7) is 1.38. The molecule has 0 aromatic carbocycles. The quantitative estimate of drug-likeness (QED) is 0.199. The number of carbonyl (C=O) groups is 1. The van der Waals surface area contributed by atoms with Crippen molar-refractivity contribution < 1.29 is 14.0 Å². The summed E-state index contributed by atoms with van der Waals surface area (Å²) >= 11 is 0.740. The molecule has 0 atom stereocenters. The maximum absolute atomic E-state index is 10.1. The van der Waals surface area contributed by atoms with Crippen LogP contribution in [-0.2, 0) is 14.0 Å². The molecular weight excluding hydrogens is 130 g/mol. The minimum absolute atomic E-state index is 0.174. The van der Waals surface area contributed by atoms with Gasteiger partial charge < -0.3 is 0 Å². The Morgan fingerprint density at radius 3 is 2.75 bits per heavy atom. The average Bonchev–Trinajstić information content (AvgIpc) is 1.66. The van der Waals surface area contributed by atoms with Gasteiger partial charge in [-0.1, -0.05) is 0 Å². The Labute approximate surface area is 51.8 Å². The van der Waals surface area contributed by atoms with Crippen LogP contribution in [0.3, 0.4) is 0 Å². The lowest BCUT2D eigenvalue weighted by Crippen LogP contribution is -2.10. The predicted octanol–water partition coefficient (Wildman–Crippen LogP) is 0.264. The van der Waals surface area contributed by atoms with Crippen LogP contribution in [0, 0.1) is 0 Å². The summed E-state index contributed by atoms with van der Waals surface area (Å²) < 4.78 is 6.51. The van der Waals surface area contributed by atoms with Gasteiger partial charge in [-0.2, -0.15) is 0 Å². The van der Waals surface area contributed by atoms with Gasteiger partial charge in [0.05, 0.1) is 7.11 Å². The van der Waals surface area contributed by atoms with Crippen molar-refractivity contribution >= 4 is 18.1 Å². The Bertz CT molecular complexity index is 76.9. The van der Waals surface area contributed by atoms with E-state index in [4.69, 9.17) is 0 Å². The molecule has 0 aromatic heterocycles. The first-order valence-electron chi connectivity index (χ1n) is 1.90. The highest BCUT2D eigenvalue weighted by molar-refractivity contribution is 7.93. The van der Waals surface area contributed by atoms with Crippen molar-refractivity contribution in [3.8, 4) is 0 Å². The maximum atomic E-state index is 10.1. The van der Waals surface area contributed by atoms with Crippen LogP contribution in [0.2, 0.25) is 0 Å². The number of rotatable bonds is 3. The third-order valence-corrected chi connectivity index (χ3v) is 0.862. The molecule has 0 heterocycles. The summed E-state index contributed by atoms with van der Waals surface area (Å²) in [7, 11) is 1.36. The summed E-state index contributed by atoms with van der Waals surface area (Å²) in [6, 6.07) is 0. The van der Waals surface area contributed by atoms with Gasteiger partial charge in [0.2, 0.25) is 5.91 Å². The van der Waals surface area contributed by atoms with E-state index in [1.165, 1.54) is 14.0 Å². The predicted molar refractivity (Wildman–Crippen MR) is 29.5 cm³/mol. The van der Waals surface area contributed by atoms with Gasteiger partial charge in [-0.15, -0.1) is 4.33 Å². The molecule has 1 amide bonds. The first-order chi connectivity index (χ1) is 3.77. The Morgan fingerprint density at radius 1 is 1.75 bits per heavy atom. The van der Waals surface area contributed by atoms with E-state index in [0.717, 1.165) is 12.2 Å². The van der Waals surface area contributed by atoms with Crippen LogP contribution in [0.4, 0.5) is 0 Å². The lowest BCUT2D eigenvalue weighted by Gasteiger charge is -1.94. The number of hydrogen-bond donors (Lipinski definition) is 1. The molecular formula is C3H7NO3S. The third kappa shape index (κ3) is 5.74. The van der Waals surface area contributed by atoms with Crippen LogP contribution >= 0.6 is 12.2 Å². The second-order valence-corrected chi connectivity index (χ2v) is 1.48. The highest BCUT2D eigenvalue weighted by Crippen LogP contribution is 1.92. The van der Waals surface area contributed by atoms with Crippen molar-refractivity contribution in [3.05, 3.63) is 0 Å². The van der Waals surface area contributed by atoms with Crippen LogP contribution < -0.4 is 4.72 Å². The highest BCUT2D eigenvalue weighted by atomic mass is 32.2. The molecule has 0 bridgehead atoms. The zero-order chi connectivity index (χ0) is 6.41. The zero-order valence-electron chi connectivity index (χ0n) is 4.63. The first-order valence-corrected chi connectivity index (χ1v) is 2.64. The molecule has 0 aromatic rings. The SMILES string of the molecule is COOSNC(C)=O. The first kappa shape index (κ1) is 7.74. The summed E-state index contributed by atoms with van der Waals surface area (Å²) in [5.41, 5.74) is 0. The maximum Gasteiger partial charge on any atom is 0.228 e. The fourth-order valence-electron chi connectivity index (χ4n) is 0.110. The van der Waals surface area contributed by atoms with Crippen molar-refractivity contribution in [2.45, 2.75) is 6.92 Å². The van der Waals surface area contributed by atoms with Gasteiger partial charge in [0.25, 0.3) is 0 Å². The molecule has 8 heavy (non-hydrogen) atoms. The van der Waals surface area contributed by atoms with E-state index in [-0.39, 0.29) is 5.91 Å². The second-order valence-electron chi connectivity index (χ2n) is 0.976. The molecule has 0 fully saturated rings. The van der Waals surface area contributed by atoms with Gasteiger partial charge in [0, 0.05) is 6.92 Å². The van der Waals surface area contributed by atoms with Crippen molar-refractivity contribution in [1.82, 2.24) is 4.72 Å². The van der Waals surface area contributed by atoms with Crippen LogP contribution in [0.5, 0.6) is 0 Å². The van der Waals surface area contributed by atoms with E-state index in [1.807, 2.05) is 0 Å². The Kier molecular flexibility index (Phi) is 4.73. The molecule has 0 spiro atoms. The fraction of sp³-hybridized carbons (Fsp3) is 0.667. The van der Waals surface area contributed by atoms with Crippen molar-refractivity contribution in [2.24, 2.45) is 0 Å². The molecule has 5 heteroatoms. The molecule has 0 rings (SSSR count). The molecule has 0 aliphatic heterocycles. The minimum Gasteiger partial charge on any atom is -0.274 e. The average molecular weight is 137 g/mol. The number of carbonyl (C=O) groups excluding carboxylic acids is 1. The van der Waals surface area contributed by atoms with Crippen LogP contribution in [0.1, 0.15) is 6.92 Å². The number of hydrogen-bond acceptors (Lipinski definition) is 4. The van der Waals surface area contributed by atoms with Gasteiger partial charge in [0.1, 0.15) is 0 Å². The Morgan fingerprint density at radius 2 is 2.38 bits per heavy atom. The molecule has 48 valence electrons. The van der Waals surface area contributed by atoms with Crippen molar-refractivity contribution in [2.75, 3.05) is 7.11 Å². The second kappa shape index (κ2) is 4.89. The van der Waals surface area contributed by atoms with E-state index < -0.39 is 0 Å². The molecule has 0 radical (unpaired) electrons. The standard InChI is InChI=1S/C3H7NO3S/c1-3(5)4-8-7-6-2/h1-2H3,(H,4,5). The zero-order valence-corrected chi connectivity index (χ0v) is 5.45. The summed E-state index contributed by atoms with van der Waals surface area (Å²) in [5.74, 6) is -0.174. The number of nitrogens with one attached hydrogen (secondary N) is 1. The lowest BCUT2D eigenvalue weighted by molar-refractivity contribution is -0.161. The molecule has 1 N–H and O–H groups in total. The molecule has 0 aliphatic rings. The van der Waals surface area contributed by atoms with Gasteiger partial charge >= 0.3 is 0 Å². The molecule has 0 aliphatic carbocycles. The Balaban J connectivity index is 2.82. The van der Waals surface area contributed by atoms with E-state index in [2.05, 4.69) is 13.9 Å². The molecule has 0 unspecified atom stereocenters. The molecule has 0 saturated carbocycles. The lowest BCUT2D eigenvalue weighted by atomic mass is 10.8. The van der Waals surface area contributed by atoms with Gasteiger partial charge in [-0.25, -0.2) is 4.89 Å². The third-order valence-electron chi connectivity index (χ3n) is 0.287. The fourth-order valence-corrected chi connectivity index (χ4v) is 0.329. The largest absolute Gasteiger partial charge is 0.274 e. The minimum atomic E-state index is -0.174. The Hall–Kier alpha value is -0.260. The van der Waals surface area contributed by atoms with E-state index >= 15 is 0 Å². The van der Waals surface area contributed by atoms with Crippen LogP contribution in [-0.4, -0.2) is 13.0 Å². The van der Waals surface area contributed by atoms with E-state index in [0.29, 0.717) is 0 Å². The topological polar surface area (TPSA) is 47.6 Å². The van der Waals surface area contributed by atoms with Crippen LogP contribution in [0.15, 0.2) is 0 Å². The van der Waals surface area contributed by atoms with Gasteiger partial charge in [-0.05, 0) is 0 Å². The van der Waals surface area contributed by atoms with Crippen molar-refractivity contribution in [1.29, 1.82) is 0 Å².